The molecule has 1 aromatic carbocycles. The topological polar surface area (TPSA) is 46.5 Å². The molecule has 0 fully saturated rings. The predicted octanol–water partition coefficient (Wildman–Crippen LogP) is 5.03. The molecule has 0 saturated heterocycles. The van der Waals surface area contributed by atoms with E-state index >= 15 is 0 Å². The van der Waals surface area contributed by atoms with Crippen LogP contribution in [0.25, 0.3) is 0 Å². The van der Waals surface area contributed by atoms with Gasteiger partial charge in [-0.05, 0) is 40.2 Å². The number of halogens is 2. The minimum absolute atomic E-state index is 0.355. The lowest BCUT2D eigenvalue weighted by atomic mass is 10.3. The van der Waals surface area contributed by atoms with Crippen LogP contribution in [-0.4, -0.2) is 23.4 Å². The van der Waals surface area contributed by atoms with Gasteiger partial charge >= 0.3 is 5.97 Å². The van der Waals surface area contributed by atoms with Crippen molar-refractivity contribution in [2.75, 3.05) is 12.4 Å². The average molecular weight is 394 g/mol. The van der Waals surface area contributed by atoms with Crippen LogP contribution in [0.5, 0.6) is 5.75 Å². The summed E-state index contributed by atoms with van der Waals surface area (Å²) >= 11 is 12.0. The number of carbonyl (C=O) groups is 1. The molecule has 0 bridgehead atoms. The quantitative estimate of drug-likeness (QED) is 0.552. The van der Waals surface area contributed by atoms with Crippen LogP contribution < -0.4 is 4.74 Å². The SMILES string of the molecule is O=C(O)c1cc(SCCOc2ccc(Cl)cc2Br)cs1. The third kappa shape index (κ3) is 4.41. The summed E-state index contributed by atoms with van der Waals surface area (Å²) in [7, 11) is 0. The molecule has 1 N–H and O–H groups in total. The van der Waals surface area contributed by atoms with E-state index in [0.717, 1.165) is 20.9 Å². The summed E-state index contributed by atoms with van der Waals surface area (Å²) in [6.07, 6.45) is 0. The molecule has 2 aromatic rings. The van der Waals surface area contributed by atoms with Gasteiger partial charge in [-0.1, -0.05) is 11.6 Å². The molecule has 0 spiro atoms. The number of aromatic carboxylic acids is 1. The van der Waals surface area contributed by atoms with Crippen molar-refractivity contribution in [2.45, 2.75) is 4.90 Å². The van der Waals surface area contributed by atoms with Crippen molar-refractivity contribution in [2.24, 2.45) is 0 Å². The van der Waals surface area contributed by atoms with Gasteiger partial charge in [-0.25, -0.2) is 4.79 Å². The minimum Gasteiger partial charge on any atom is -0.492 e. The minimum atomic E-state index is -0.886. The molecule has 0 aliphatic heterocycles. The Morgan fingerprint density at radius 2 is 2.25 bits per heavy atom. The zero-order chi connectivity index (χ0) is 14.5. The monoisotopic (exact) mass is 392 g/mol. The van der Waals surface area contributed by atoms with E-state index in [4.69, 9.17) is 21.4 Å². The number of carboxylic acids is 1. The third-order valence-corrected chi connectivity index (χ3v) is 5.15. The van der Waals surface area contributed by atoms with Crippen LogP contribution in [0.1, 0.15) is 9.67 Å². The molecule has 7 heteroatoms. The fourth-order valence-corrected chi connectivity index (χ4v) is 3.91. The van der Waals surface area contributed by atoms with E-state index in [1.165, 1.54) is 11.3 Å². The lowest BCUT2D eigenvalue weighted by molar-refractivity contribution is 0.0702. The van der Waals surface area contributed by atoms with E-state index in [1.807, 2.05) is 11.4 Å². The second kappa shape index (κ2) is 7.36. The second-order valence-corrected chi connectivity index (χ2v) is 7.09. The maximum atomic E-state index is 10.8. The van der Waals surface area contributed by atoms with Gasteiger partial charge in [0.25, 0.3) is 0 Å². The van der Waals surface area contributed by atoms with Gasteiger partial charge in [-0.2, -0.15) is 0 Å². The first-order valence-electron chi connectivity index (χ1n) is 5.59. The maximum Gasteiger partial charge on any atom is 0.345 e. The Hall–Kier alpha value is -0.690. The Bertz CT molecular complexity index is 615. The molecule has 1 heterocycles. The molecular formula is C13H10BrClO3S2. The molecule has 3 nitrogen and oxygen atoms in total. The Morgan fingerprint density at radius 3 is 2.90 bits per heavy atom. The number of thioether (sulfide) groups is 1. The van der Waals surface area contributed by atoms with E-state index in [1.54, 1.807) is 30.0 Å². The largest absolute Gasteiger partial charge is 0.492 e. The van der Waals surface area contributed by atoms with Gasteiger partial charge < -0.3 is 9.84 Å². The van der Waals surface area contributed by atoms with Crippen LogP contribution in [0.15, 0.2) is 39.0 Å². The molecule has 20 heavy (non-hydrogen) atoms. The summed E-state index contributed by atoms with van der Waals surface area (Å²) in [5.74, 6) is 0.597. The lowest BCUT2D eigenvalue weighted by Crippen LogP contribution is -2.00. The number of hydrogen-bond acceptors (Lipinski definition) is 4. The van der Waals surface area contributed by atoms with E-state index in [0.29, 0.717) is 16.5 Å². The van der Waals surface area contributed by atoms with Crippen LogP contribution in [0.3, 0.4) is 0 Å². The summed E-state index contributed by atoms with van der Waals surface area (Å²) < 4.78 is 6.45. The molecule has 1 aromatic heterocycles. The normalized spacial score (nSPS) is 10.5. The molecule has 0 amide bonds. The Balaban J connectivity index is 1.79. The molecule has 0 aliphatic carbocycles. The molecule has 0 radical (unpaired) electrons. The Labute approximate surface area is 138 Å². The molecule has 106 valence electrons. The van der Waals surface area contributed by atoms with Crippen molar-refractivity contribution < 1.29 is 14.6 Å². The Morgan fingerprint density at radius 1 is 1.45 bits per heavy atom. The maximum absolute atomic E-state index is 10.8. The van der Waals surface area contributed by atoms with Gasteiger partial charge in [0, 0.05) is 21.1 Å². The van der Waals surface area contributed by atoms with Crippen LogP contribution in [0.4, 0.5) is 0 Å². The first kappa shape index (κ1) is 15.7. The number of carboxylic acid groups (broad SMARTS) is 1. The molecule has 0 atom stereocenters. The van der Waals surface area contributed by atoms with E-state index in [9.17, 15) is 4.79 Å². The highest BCUT2D eigenvalue weighted by molar-refractivity contribution is 9.10. The zero-order valence-corrected chi connectivity index (χ0v) is 14.1. The Kier molecular flexibility index (Phi) is 5.77. The molecule has 0 saturated carbocycles. The van der Waals surface area contributed by atoms with E-state index in [-0.39, 0.29) is 0 Å². The summed E-state index contributed by atoms with van der Waals surface area (Å²) in [4.78, 5) is 12.1. The highest BCUT2D eigenvalue weighted by Gasteiger charge is 2.07. The first-order valence-corrected chi connectivity index (χ1v) is 8.62. The second-order valence-electron chi connectivity index (χ2n) is 3.72. The van der Waals surface area contributed by atoms with Crippen LogP contribution in [0, 0.1) is 0 Å². The number of thiophene rings is 1. The zero-order valence-electron chi connectivity index (χ0n) is 10.1. The number of rotatable bonds is 6. The number of ether oxygens (including phenoxy) is 1. The standard InChI is InChI=1S/C13H10BrClO3S2/c14-10-5-8(15)1-2-11(10)18-3-4-19-9-6-12(13(16)17)20-7-9/h1-2,5-7H,3-4H2,(H,16,17). The number of hydrogen-bond donors (Lipinski definition) is 1. The van der Waals surface area contributed by atoms with Gasteiger partial charge in [-0.15, -0.1) is 23.1 Å². The van der Waals surface area contributed by atoms with Crippen molar-refractivity contribution in [3.63, 3.8) is 0 Å². The van der Waals surface area contributed by atoms with Crippen molar-refractivity contribution in [3.05, 3.63) is 44.0 Å². The van der Waals surface area contributed by atoms with Crippen LogP contribution in [-0.2, 0) is 0 Å². The van der Waals surface area contributed by atoms with E-state index < -0.39 is 5.97 Å². The predicted molar refractivity (Wildman–Crippen MR) is 86.6 cm³/mol. The molecular weight excluding hydrogens is 384 g/mol. The van der Waals surface area contributed by atoms with Gasteiger partial charge in [0.2, 0.25) is 0 Å². The summed E-state index contributed by atoms with van der Waals surface area (Å²) in [5, 5.41) is 11.3. The fourth-order valence-electron chi connectivity index (χ4n) is 1.41. The van der Waals surface area contributed by atoms with Crippen molar-refractivity contribution in [1.82, 2.24) is 0 Å². The van der Waals surface area contributed by atoms with Crippen molar-refractivity contribution in [1.29, 1.82) is 0 Å². The van der Waals surface area contributed by atoms with Crippen LogP contribution in [0.2, 0.25) is 5.02 Å². The third-order valence-electron chi connectivity index (χ3n) is 2.29. The highest BCUT2D eigenvalue weighted by atomic mass is 79.9. The molecule has 2 rings (SSSR count). The van der Waals surface area contributed by atoms with Gasteiger partial charge in [-0.3, -0.25) is 0 Å². The average Bonchev–Trinajstić information content (AvgIpc) is 2.85. The molecule has 0 aliphatic rings. The summed E-state index contributed by atoms with van der Waals surface area (Å²) in [6.45, 7) is 0.531. The van der Waals surface area contributed by atoms with Crippen molar-refractivity contribution >= 4 is 56.6 Å². The first-order chi connectivity index (χ1) is 9.56. The van der Waals surface area contributed by atoms with Crippen LogP contribution >= 0.6 is 50.6 Å². The summed E-state index contributed by atoms with van der Waals surface area (Å²) in [5.41, 5.74) is 0. The fraction of sp³-hybridized carbons (Fsp3) is 0.154. The summed E-state index contributed by atoms with van der Waals surface area (Å²) in [6, 6.07) is 7.04. The van der Waals surface area contributed by atoms with Gasteiger partial charge in [0.05, 0.1) is 11.1 Å². The van der Waals surface area contributed by atoms with E-state index in [2.05, 4.69) is 15.9 Å². The molecule has 0 unspecified atom stereocenters. The highest BCUT2D eigenvalue weighted by Crippen LogP contribution is 2.29. The lowest BCUT2D eigenvalue weighted by Gasteiger charge is -2.07. The van der Waals surface area contributed by atoms with Crippen molar-refractivity contribution in [3.8, 4) is 5.75 Å². The smallest absolute Gasteiger partial charge is 0.345 e. The van der Waals surface area contributed by atoms with Gasteiger partial charge in [0.15, 0.2) is 0 Å². The van der Waals surface area contributed by atoms with Gasteiger partial charge in [0.1, 0.15) is 10.6 Å². The number of benzene rings is 1.